The lowest BCUT2D eigenvalue weighted by Gasteiger charge is -2.34. The lowest BCUT2D eigenvalue weighted by atomic mass is 10.2. The zero-order valence-electron chi connectivity index (χ0n) is 13.2. The first kappa shape index (κ1) is 15.3. The standard InChI is InChI=1S/C15H18N6O2S/c22-13(9-21-17-14(16-18-21)12-3-8-24-10-12)19-4-6-20(7-5-19)15(23)11-1-2-11/h3,8,10-11H,1-2,4-7,9H2. The van der Waals surface area contributed by atoms with Crippen LogP contribution in [0.2, 0.25) is 0 Å². The van der Waals surface area contributed by atoms with Gasteiger partial charge in [0.05, 0.1) is 0 Å². The van der Waals surface area contributed by atoms with Crippen molar-refractivity contribution in [3.05, 3.63) is 16.8 Å². The molecule has 2 fully saturated rings. The van der Waals surface area contributed by atoms with Crippen molar-refractivity contribution < 1.29 is 9.59 Å². The molecule has 4 rings (SSSR count). The molecule has 0 aromatic carbocycles. The molecule has 2 aromatic heterocycles. The molecule has 8 nitrogen and oxygen atoms in total. The molecule has 3 heterocycles. The molecule has 0 N–H and O–H groups in total. The topological polar surface area (TPSA) is 84.2 Å². The van der Waals surface area contributed by atoms with Crippen LogP contribution in [-0.4, -0.2) is 68.0 Å². The van der Waals surface area contributed by atoms with Gasteiger partial charge in [-0.05, 0) is 29.5 Å². The molecule has 24 heavy (non-hydrogen) atoms. The Morgan fingerprint density at radius 3 is 2.58 bits per heavy atom. The van der Waals surface area contributed by atoms with Gasteiger partial charge in [-0.1, -0.05) is 0 Å². The van der Waals surface area contributed by atoms with E-state index in [0.717, 1.165) is 18.4 Å². The lowest BCUT2D eigenvalue weighted by Crippen LogP contribution is -2.51. The van der Waals surface area contributed by atoms with Crippen molar-refractivity contribution in [2.75, 3.05) is 26.2 Å². The number of rotatable bonds is 4. The van der Waals surface area contributed by atoms with Crippen LogP contribution in [0.5, 0.6) is 0 Å². The summed E-state index contributed by atoms with van der Waals surface area (Å²) in [6.45, 7) is 2.46. The highest BCUT2D eigenvalue weighted by molar-refractivity contribution is 7.08. The van der Waals surface area contributed by atoms with E-state index in [2.05, 4.69) is 15.4 Å². The van der Waals surface area contributed by atoms with E-state index >= 15 is 0 Å². The van der Waals surface area contributed by atoms with E-state index in [0.29, 0.717) is 32.0 Å². The van der Waals surface area contributed by atoms with Crippen LogP contribution in [0, 0.1) is 5.92 Å². The van der Waals surface area contributed by atoms with Gasteiger partial charge in [0.1, 0.15) is 6.54 Å². The monoisotopic (exact) mass is 346 g/mol. The average Bonchev–Trinajstić information content (AvgIpc) is 3.10. The Kier molecular flexibility index (Phi) is 4.01. The van der Waals surface area contributed by atoms with Crippen LogP contribution in [0.3, 0.4) is 0 Å². The van der Waals surface area contributed by atoms with Crippen molar-refractivity contribution in [3.63, 3.8) is 0 Å². The van der Waals surface area contributed by atoms with Gasteiger partial charge in [-0.15, -0.1) is 10.2 Å². The van der Waals surface area contributed by atoms with Crippen molar-refractivity contribution in [1.29, 1.82) is 0 Å². The summed E-state index contributed by atoms with van der Waals surface area (Å²) >= 11 is 1.56. The molecule has 1 saturated heterocycles. The largest absolute Gasteiger partial charge is 0.339 e. The first-order valence-corrected chi connectivity index (χ1v) is 9.02. The third-order valence-electron chi connectivity index (χ3n) is 4.38. The van der Waals surface area contributed by atoms with Crippen LogP contribution in [0.15, 0.2) is 16.8 Å². The van der Waals surface area contributed by atoms with E-state index in [4.69, 9.17) is 0 Å². The molecule has 0 unspecified atom stereocenters. The summed E-state index contributed by atoms with van der Waals surface area (Å²) in [6, 6.07) is 1.92. The Bertz CT molecular complexity index is 731. The second kappa shape index (κ2) is 6.31. The molecule has 1 saturated carbocycles. The van der Waals surface area contributed by atoms with Gasteiger partial charge in [-0.2, -0.15) is 16.1 Å². The number of thiophene rings is 1. The van der Waals surface area contributed by atoms with Gasteiger partial charge in [0.25, 0.3) is 0 Å². The first-order chi connectivity index (χ1) is 11.7. The minimum Gasteiger partial charge on any atom is -0.339 e. The Balaban J connectivity index is 1.31. The van der Waals surface area contributed by atoms with Crippen LogP contribution in [0.1, 0.15) is 12.8 Å². The molecular formula is C15H18N6O2S. The van der Waals surface area contributed by atoms with Crippen molar-refractivity contribution in [2.45, 2.75) is 19.4 Å². The second-order valence-electron chi connectivity index (χ2n) is 6.14. The zero-order chi connectivity index (χ0) is 16.5. The summed E-state index contributed by atoms with van der Waals surface area (Å²) in [5.41, 5.74) is 0.908. The normalized spacial score (nSPS) is 18.0. The van der Waals surface area contributed by atoms with Gasteiger partial charge < -0.3 is 9.80 Å². The van der Waals surface area contributed by atoms with Gasteiger partial charge >= 0.3 is 0 Å². The number of piperazine rings is 1. The van der Waals surface area contributed by atoms with E-state index in [1.54, 1.807) is 16.2 Å². The highest BCUT2D eigenvalue weighted by atomic mass is 32.1. The molecule has 0 bridgehead atoms. The zero-order valence-corrected chi connectivity index (χ0v) is 14.0. The summed E-state index contributed by atoms with van der Waals surface area (Å²) < 4.78 is 0. The summed E-state index contributed by atoms with van der Waals surface area (Å²) in [5, 5.41) is 16.1. The maximum absolute atomic E-state index is 12.4. The van der Waals surface area contributed by atoms with E-state index in [1.807, 2.05) is 21.7 Å². The van der Waals surface area contributed by atoms with Gasteiger partial charge in [0.15, 0.2) is 0 Å². The Hall–Kier alpha value is -2.29. The van der Waals surface area contributed by atoms with Crippen LogP contribution in [0.25, 0.3) is 11.4 Å². The molecule has 9 heteroatoms. The molecule has 126 valence electrons. The smallest absolute Gasteiger partial charge is 0.246 e. The second-order valence-corrected chi connectivity index (χ2v) is 6.92. The van der Waals surface area contributed by atoms with E-state index in [9.17, 15) is 9.59 Å². The van der Waals surface area contributed by atoms with Gasteiger partial charge in [0, 0.05) is 43.0 Å². The number of carbonyl (C=O) groups excluding carboxylic acids is 2. The number of amides is 2. The Morgan fingerprint density at radius 2 is 1.92 bits per heavy atom. The highest BCUT2D eigenvalue weighted by Crippen LogP contribution is 2.31. The summed E-state index contributed by atoms with van der Waals surface area (Å²) in [7, 11) is 0. The number of hydrogen-bond acceptors (Lipinski definition) is 6. The number of tetrazole rings is 1. The molecular weight excluding hydrogens is 328 g/mol. The summed E-state index contributed by atoms with van der Waals surface area (Å²) in [5.74, 6) is 0.981. The Morgan fingerprint density at radius 1 is 1.17 bits per heavy atom. The van der Waals surface area contributed by atoms with E-state index in [1.165, 1.54) is 4.80 Å². The maximum Gasteiger partial charge on any atom is 0.246 e. The lowest BCUT2D eigenvalue weighted by molar-refractivity contribution is -0.140. The number of hydrogen-bond donors (Lipinski definition) is 0. The number of aromatic nitrogens is 4. The molecule has 2 amide bonds. The molecule has 0 atom stereocenters. The first-order valence-electron chi connectivity index (χ1n) is 8.07. The summed E-state index contributed by atoms with van der Waals surface area (Å²) in [6.07, 6.45) is 2.03. The van der Waals surface area contributed by atoms with Crippen molar-refractivity contribution in [1.82, 2.24) is 30.0 Å². The molecule has 0 radical (unpaired) electrons. The van der Waals surface area contributed by atoms with Gasteiger partial charge in [-0.3, -0.25) is 9.59 Å². The summed E-state index contributed by atoms with van der Waals surface area (Å²) in [4.78, 5) is 29.4. The van der Waals surface area contributed by atoms with Crippen molar-refractivity contribution in [2.24, 2.45) is 5.92 Å². The maximum atomic E-state index is 12.4. The van der Waals surface area contributed by atoms with Crippen LogP contribution in [-0.2, 0) is 16.1 Å². The molecule has 0 spiro atoms. The SMILES string of the molecule is O=C(Cn1nnc(-c2ccsc2)n1)N1CCN(C(=O)C2CC2)CC1. The van der Waals surface area contributed by atoms with E-state index < -0.39 is 0 Å². The van der Waals surface area contributed by atoms with Crippen LogP contribution < -0.4 is 0 Å². The van der Waals surface area contributed by atoms with Crippen molar-refractivity contribution in [3.8, 4) is 11.4 Å². The fraction of sp³-hybridized carbons (Fsp3) is 0.533. The fourth-order valence-corrected chi connectivity index (χ4v) is 3.44. The average molecular weight is 346 g/mol. The van der Waals surface area contributed by atoms with Crippen molar-refractivity contribution >= 4 is 23.2 Å². The minimum atomic E-state index is -0.0391. The molecule has 2 aliphatic rings. The van der Waals surface area contributed by atoms with Crippen LogP contribution >= 0.6 is 11.3 Å². The molecule has 2 aromatic rings. The van der Waals surface area contributed by atoms with Crippen LogP contribution in [0.4, 0.5) is 0 Å². The predicted molar refractivity (Wildman–Crippen MR) is 87.0 cm³/mol. The highest BCUT2D eigenvalue weighted by Gasteiger charge is 2.35. The van der Waals surface area contributed by atoms with Gasteiger partial charge in [-0.25, -0.2) is 0 Å². The fourth-order valence-electron chi connectivity index (χ4n) is 2.80. The quantitative estimate of drug-likeness (QED) is 0.804. The third-order valence-corrected chi connectivity index (χ3v) is 5.06. The third kappa shape index (κ3) is 3.16. The molecule has 1 aliphatic heterocycles. The number of nitrogens with zero attached hydrogens (tertiary/aromatic N) is 6. The minimum absolute atomic E-state index is 0.0391. The van der Waals surface area contributed by atoms with E-state index in [-0.39, 0.29) is 24.3 Å². The predicted octanol–water partition coefficient (Wildman–Crippen LogP) is 0.482. The van der Waals surface area contributed by atoms with Gasteiger partial charge in [0.2, 0.25) is 17.6 Å². The molecule has 1 aliphatic carbocycles. The Labute approximate surface area is 143 Å². The number of carbonyl (C=O) groups is 2.